The Balaban J connectivity index is 0.00000112. The van der Waals surface area contributed by atoms with Crippen molar-refractivity contribution >= 4 is 30.1 Å². The second-order valence-electron chi connectivity index (χ2n) is 3.63. The summed E-state index contributed by atoms with van der Waals surface area (Å²) in [5.74, 6) is 2.25. The molecule has 0 saturated carbocycles. The molecule has 2 rings (SSSR count). The van der Waals surface area contributed by atoms with Crippen LogP contribution in [-0.2, 0) is 9.53 Å². The van der Waals surface area contributed by atoms with Crippen LogP contribution in [0.25, 0.3) is 0 Å². The van der Waals surface area contributed by atoms with Crippen LogP contribution in [0.1, 0.15) is 6.42 Å². The van der Waals surface area contributed by atoms with Crippen LogP contribution in [0.4, 0.5) is 0 Å². The molecule has 2 aliphatic heterocycles. The molecule has 15 heavy (non-hydrogen) atoms. The number of carbonyl (C=O) groups is 1. The summed E-state index contributed by atoms with van der Waals surface area (Å²) in [5, 5.41) is 6.17. The van der Waals surface area contributed by atoms with E-state index in [9.17, 15) is 4.79 Å². The monoisotopic (exact) mass is 252 g/mol. The second-order valence-corrected chi connectivity index (χ2v) is 4.78. The average Bonchev–Trinajstić information content (AvgIpc) is 2.72. The number of hydrogen-bond acceptors (Lipinski definition) is 4. The Kier molecular flexibility index (Phi) is 5.74. The molecule has 2 aliphatic rings. The molecule has 0 aliphatic carbocycles. The maximum Gasteiger partial charge on any atom is 0.250 e. The lowest BCUT2D eigenvalue weighted by atomic mass is 10.2. The first-order valence-corrected chi connectivity index (χ1v) is 6.22. The quantitative estimate of drug-likeness (QED) is 0.728. The van der Waals surface area contributed by atoms with E-state index in [1.54, 1.807) is 0 Å². The normalized spacial score (nSPS) is 30.7. The van der Waals surface area contributed by atoms with Gasteiger partial charge in [0.15, 0.2) is 0 Å². The Labute approximate surface area is 100 Å². The van der Waals surface area contributed by atoms with Gasteiger partial charge >= 0.3 is 0 Å². The van der Waals surface area contributed by atoms with Crippen molar-refractivity contribution in [3.63, 3.8) is 0 Å². The number of ether oxygens (including phenoxy) is 1. The first-order chi connectivity index (χ1) is 6.86. The molecule has 6 heteroatoms. The van der Waals surface area contributed by atoms with Crippen LogP contribution >= 0.6 is 24.2 Å². The third-order valence-corrected chi connectivity index (χ3v) is 3.66. The summed E-state index contributed by atoms with van der Waals surface area (Å²) in [5.41, 5.74) is 0. The molecule has 0 aromatic carbocycles. The SMILES string of the molecule is Cl.O=C(NC1CCSC1)[C@H]1CNCCO1. The van der Waals surface area contributed by atoms with Crippen molar-refractivity contribution in [1.82, 2.24) is 10.6 Å². The summed E-state index contributed by atoms with van der Waals surface area (Å²) in [6.07, 6.45) is 0.811. The van der Waals surface area contributed by atoms with Gasteiger partial charge in [0.1, 0.15) is 6.10 Å². The van der Waals surface area contributed by atoms with E-state index in [-0.39, 0.29) is 24.4 Å². The van der Waals surface area contributed by atoms with Crippen molar-refractivity contribution < 1.29 is 9.53 Å². The van der Waals surface area contributed by atoms with Crippen molar-refractivity contribution in [2.45, 2.75) is 18.6 Å². The third kappa shape index (κ3) is 3.83. The van der Waals surface area contributed by atoms with Gasteiger partial charge in [0.2, 0.25) is 0 Å². The number of carbonyl (C=O) groups excluding carboxylic acids is 1. The van der Waals surface area contributed by atoms with E-state index in [0.717, 1.165) is 24.5 Å². The Morgan fingerprint density at radius 3 is 3.00 bits per heavy atom. The van der Waals surface area contributed by atoms with E-state index in [2.05, 4.69) is 10.6 Å². The van der Waals surface area contributed by atoms with Gasteiger partial charge in [-0.1, -0.05) is 0 Å². The predicted octanol–water partition coefficient (Wildman–Crippen LogP) is 0.0183. The fourth-order valence-corrected chi connectivity index (χ4v) is 2.83. The molecule has 1 unspecified atom stereocenters. The van der Waals surface area contributed by atoms with E-state index in [4.69, 9.17) is 4.74 Å². The number of hydrogen-bond donors (Lipinski definition) is 2. The van der Waals surface area contributed by atoms with E-state index in [0.29, 0.717) is 19.2 Å². The summed E-state index contributed by atoms with van der Waals surface area (Å²) in [6.45, 7) is 2.13. The number of nitrogens with one attached hydrogen (secondary N) is 2. The zero-order chi connectivity index (χ0) is 9.80. The fourth-order valence-electron chi connectivity index (χ4n) is 1.68. The second kappa shape index (κ2) is 6.58. The topological polar surface area (TPSA) is 50.4 Å². The Morgan fingerprint density at radius 1 is 1.53 bits per heavy atom. The zero-order valence-corrected chi connectivity index (χ0v) is 10.2. The Hall–Kier alpha value is 0.0300. The third-order valence-electron chi connectivity index (χ3n) is 2.50. The summed E-state index contributed by atoms with van der Waals surface area (Å²) < 4.78 is 5.37. The molecule has 0 bridgehead atoms. The van der Waals surface area contributed by atoms with Crippen molar-refractivity contribution in [1.29, 1.82) is 0 Å². The lowest BCUT2D eigenvalue weighted by molar-refractivity contribution is -0.134. The lowest BCUT2D eigenvalue weighted by Gasteiger charge is -2.24. The van der Waals surface area contributed by atoms with E-state index in [1.807, 2.05) is 11.8 Å². The standard InChI is InChI=1S/C9H16N2O2S.ClH/c12-9(8-5-10-2-3-13-8)11-7-1-4-14-6-7;/h7-8,10H,1-6H2,(H,11,12);1H/t7?,8-;/m1./s1. The molecule has 2 fully saturated rings. The maximum absolute atomic E-state index is 11.7. The summed E-state index contributed by atoms with van der Waals surface area (Å²) in [4.78, 5) is 11.7. The highest BCUT2D eigenvalue weighted by molar-refractivity contribution is 7.99. The van der Waals surface area contributed by atoms with Gasteiger partial charge in [0.05, 0.1) is 6.61 Å². The molecular formula is C9H17ClN2O2S. The van der Waals surface area contributed by atoms with Gasteiger partial charge in [0, 0.05) is 24.9 Å². The van der Waals surface area contributed by atoms with Crippen molar-refractivity contribution in [2.24, 2.45) is 0 Å². The first-order valence-electron chi connectivity index (χ1n) is 5.07. The van der Waals surface area contributed by atoms with Crippen LogP contribution in [-0.4, -0.2) is 49.3 Å². The summed E-state index contributed by atoms with van der Waals surface area (Å²) in [7, 11) is 0. The molecule has 0 radical (unpaired) electrons. The van der Waals surface area contributed by atoms with Crippen LogP contribution in [0, 0.1) is 0 Å². The molecule has 2 atom stereocenters. The van der Waals surface area contributed by atoms with E-state index in [1.165, 1.54) is 0 Å². The van der Waals surface area contributed by atoms with Gasteiger partial charge in [-0.05, 0) is 12.2 Å². The van der Waals surface area contributed by atoms with Gasteiger partial charge in [-0.25, -0.2) is 0 Å². The Bertz CT molecular complexity index is 206. The molecule has 2 saturated heterocycles. The van der Waals surface area contributed by atoms with Crippen molar-refractivity contribution in [2.75, 3.05) is 31.2 Å². The Morgan fingerprint density at radius 2 is 2.40 bits per heavy atom. The average molecular weight is 253 g/mol. The minimum absolute atomic E-state index is 0. The summed E-state index contributed by atoms with van der Waals surface area (Å²) >= 11 is 1.90. The highest BCUT2D eigenvalue weighted by Gasteiger charge is 2.25. The van der Waals surface area contributed by atoms with Gasteiger partial charge in [-0.2, -0.15) is 11.8 Å². The van der Waals surface area contributed by atoms with Crippen LogP contribution in [0.15, 0.2) is 0 Å². The van der Waals surface area contributed by atoms with Crippen LogP contribution in [0.5, 0.6) is 0 Å². The molecule has 0 aromatic heterocycles. The highest BCUT2D eigenvalue weighted by Crippen LogP contribution is 2.17. The van der Waals surface area contributed by atoms with Gasteiger partial charge in [-0.15, -0.1) is 12.4 Å². The molecule has 4 nitrogen and oxygen atoms in total. The molecule has 0 aromatic rings. The smallest absolute Gasteiger partial charge is 0.250 e. The number of amides is 1. The molecule has 2 heterocycles. The fraction of sp³-hybridized carbons (Fsp3) is 0.889. The van der Waals surface area contributed by atoms with Crippen LogP contribution < -0.4 is 10.6 Å². The van der Waals surface area contributed by atoms with Crippen molar-refractivity contribution in [3.05, 3.63) is 0 Å². The molecule has 88 valence electrons. The number of rotatable bonds is 2. The highest BCUT2D eigenvalue weighted by atomic mass is 35.5. The van der Waals surface area contributed by atoms with Gasteiger partial charge in [-0.3, -0.25) is 4.79 Å². The van der Waals surface area contributed by atoms with Crippen LogP contribution in [0.3, 0.4) is 0 Å². The predicted molar refractivity (Wildman–Crippen MR) is 63.7 cm³/mol. The van der Waals surface area contributed by atoms with Crippen molar-refractivity contribution in [3.8, 4) is 0 Å². The van der Waals surface area contributed by atoms with Crippen LogP contribution in [0.2, 0.25) is 0 Å². The molecular weight excluding hydrogens is 236 g/mol. The maximum atomic E-state index is 11.7. The minimum Gasteiger partial charge on any atom is -0.366 e. The van der Waals surface area contributed by atoms with E-state index < -0.39 is 0 Å². The number of halogens is 1. The van der Waals surface area contributed by atoms with E-state index >= 15 is 0 Å². The zero-order valence-electron chi connectivity index (χ0n) is 8.53. The lowest BCUT2D eigenvalue weighted by Crippen LogP contribution is -2.50. The molecule has 2 N–H and O–H groups in total. The molecule has 1 amide bonds. The largest absolute Gasteiger partial charge is 0.366 e. The minimum atomic E-state index is -0.283. The number of morpholine rings is 1. The first kappa shape index (κ1) is 13.1. The van der Waals surface area contributed by atoms with Gasteiger partial charge in [0.25, 0.3) is 5.91 Å². The summed E-state index contributed by atoms with van der Waals surface area (Å²) in [6, 6.07) is 0.359. The molecule has 0 spiro atoms. The number of thioether (sulfide) groups is 1. The van der Waals surface area contributed by atoms with Gasteiger partial charge < -0.3 is 15.4 Å².